The highest BCUT2D eigenvalue weighted by Crippen LogP contribution is 2.39. The maximum atomic E-state index is 6.13. The first-order chi connectivity index (χ1) is 9.11. The van der Waals surface area contributed by atoms with Crippen LogP contribution >= 0.6 is 15.9 Å². The summed E-state index contributed by atoms with van der Waals surface area (Å²) < 4.78 is 6.13. The minimum atomic E-state index is 0.396. The van der Waals surface area contributed by atoms with Crippen molar-refractivity contribution in [2.45, 2.75) is 56.9 Å². The van der Waals surface area contributed by atoms with Gasteiger partial charge in [0.15, 0.2) is 0 Å². The Hall–Kier alpha value is -0.500. The van der Waals surface area contributed by atoms with Crippen LogP contribution in [0.2, 0.25) is 0 Å². The predicted octanol–water partition coefficient (Wildman–Crippen LogP) is 4.89. The first-order valence-electron chi connectivity index (χ1n) is 7.52. The smallest absolute Gasteiger partial charge is 0.123 e. The summed E-state index contributed by atoms with van der Waals surface area (Å²) >= 11 is 3.88. The molecular formula is C17H23BrO. The number of benzene rings is 1. The number of hydrogen-bond donors (Lipinski definition) is 0. The number of rotatable bonds is 2. The Balaban J connectivity index is 1.63. The fourth-order valence-electron chi connectivity index (χ4n) is 3.62. The number of halogens is 1. The monoisotopic (exact) mass is 322 g/mol. The van der Waals surface area contributed by atoms with Crippen molar-refractivity contribution in [3.05, 3.63) is 29.3 Å². The predicted molar refractivity (Wildman–Crippen MR) is 83.1 cm³/mol. The normalized spacial score (nSPS) is 33.8. The third-order valence-corrected chi connectivity index (χ3v) is 5.88. The lowest BCUT2D eigenvalue weighted by atomic mass is 9.79. The van der Waals surface area contributed by atoms with E-state index in [-0.39, 0.29) is 0 Å². The lowest BCUT2D eigenvalue weighted by Gasteiger charge is -2.32. The highest BCUT2D eigenvalue weighted by Gasteiger charge is 2.32. The molecule has 0 amide bonds. The van der Waals surface area contributed by atoms with Crippen LogP contribution < -0.4 is 4.74 Å². The highest BCUT2D eigenvalue weighted by molar-refractivity contribution is 9.09. The van der Waals surface area contributed by atoms with E-state index in [2.05, 4.69) is 48.0 Å². The van der Waals surface area contributed by atoms with Gasteiger partial charge >= 0.3 is 0 Å². The third-order valence-electron chi connectivity index (χ3n) is 4.67. The van der Waals surface area contributed by atoms with E-state index < -0.39 is 0 Å². The van der Waals surface area contributed by atoms with E-state index in [0.717, 1.165) is 24.0 Å². The van der Waals surface area contributed by atoms with Crippen LogP contribution in [0.4, 0.5) is 0 Å². The lowest BCUT2D eigenvalue weighted by molar-refractivity contribution is 0.166. The molecule has 19 heavy (non-hydrogen) atoms. The Kier molecular flexibility index (Phi) is 3.88. The molecule has 2 aliphatic rings. The second-order valence-corrected chi connectivity index (χ2v) is 7.66. The van der Waals surface area contributed by atoms with Gasteiger partial charge in [0.25, 0.3) is 0 Å². The van der Waals surface area contributed by atoms with Gasteiger partial charge in [-0.3, -0.25) is 0 Å². The Morgan fingerprint density at radius 3 is 3.00 bits per heavy atom. The van der Waals surface area contributed by atoms with Gasteiger partial charge in [-0.15, -0.1) is 0 Å². The van der Waals surface area contributed by atoms with Crippen LogP contribution in [0.1, 0.15) is 43.7 Å². The van der Waals surface area contributed by atoms with Crippen molar-refractivity contribution >= 4 is 15.9 Å². The zero-order valence-electron chi connectivity index (χ0n) is 11.9. The molecule has 1 aromatic carbocycles. The van der Waals surface area contributed by atoms with Crippen molar-refractivity contribution in [2.75, 3.05) is 0 Å². The van der Waals surface area contributed by atoms with Gasteiger partial charge in [-0.2, -0.15) is 0 Å². The second-order valence-electron chi connectivity index (χ2n) is 6.49. The summed E-state index contributed by atoms with van der Waals surface area (Å²) in [5.74, 6) is 2.78. The number of hydrogen-bond acceptors (Lipinski definition) is 1. The van der Waals surface area contributed by atoms with Gasteiger partial charge in [0, 0.05) is 11.2 Å². The molecule has 1 fully saturated rings. The molecule has 1 heterocycles. The van der Waals surface area contributed by atoms with Crippen LogP contribution in [0.25, 0.3) is 0 Å². The van der Waals surface area contributed by atoms with Crippen LogP contribution in [0, 0.1) is 18.8 Å². The first kappa shape index (κ1) is 13.5. The second kappa shape index (κ2) is 5.47. The maximum Gasteiger partial charge on any atom is 0.123 e. The molecular weight excluding hydrogens is 300 g/mol. The topological polar surface area (TPSA) is 9.23 Å². The average molecular weight is 323 g/mol. The molecule has 0 spiro atoms. The molecule has 1 aliphatic heterocycles. The Bertz CT molecular complexity index is 457. The lowest BCUT2D eigenvalue weighted by Crippen LogP contribution is -2.29. The third kappa shape index (κ3) is 2.99. The average Bonchev–Trinajstić information content (AvgIpc) is 2.75. The number of fused-ring (bicyclic) bond motifs is 1. The first-order valence-corrected chi connectivity index (χ1v) is 8.43. The standard InChI is InChI=1S/C17H23BrO/c1-11-3-5-16(18)13(7-11)9-15-10-14-8-12(2)4-6-17(14)19-15/h4,6,8,11,13,15-16H,3,5,7,9-10H2,1-2H3. The summed E-state index contributed by atoms with van der Waals surface area (Å²) in [5, 5.41) is 0. The molecule has 1 nitrogen and oxygen atoms in total. The van der Waals surface area contributed by atoms with Gasteiger partial charge in [-0.05, 0) is 56.1 Å². The number of aryl methyl sites for hydroxylation is 1. The van der Waals surface area contributed by atoms with E-state index in [0.29, 0.717) is 10.9 Å². The van der Waals surface area contributed by atoms with Crippen molar-refractivity contribution in [3.63, 3.8) is 0 Å². The molecule has 0 bridgehead atoms. The van der Waals surface area contributed by atoms with E-state index in [1.807, 2.05) is 0 Å². The highest BCUT2D eigenvalue weighted by atomic mass is 79.9. The molecule has 0 aromatic heterocycles. The summed E-state index contributed by atoms with van der Waals surface area (Å²) in [6.45, 7) is 4.55. The molecule has 1 aromatic rings. The molecule has 4 unspecified atom stereocenters. The zero-order chi connectivity index (χ0) is 13.4. The van der Waals surface area contributed by atoms with E-state index in [1.165, 1.54) is 36.8 Å². The van der Waals surface area contributed by atoms with Crippen molar-refractivity contribution < 1.29 is 4.74 Å². The van der Waals surface area contributed by atoms with E-state index in [9.17, 15) is 0 Å². The quantitative estimate of drug-likeness (QED) is 0.704. The summed E-state index contributed by atoms with van der Waals surface area (Å²) in [7, 11) is 0. The fourth-order valence-corrected chi connectivity index (χ4v) is 4.32. The van der Waals surface area contributed by atoms with Crippen LogP contribution in [0.5, 0.6) is 5.75 Å². The molecule has 2 heteroatoms. The summed E-state index contributed by atoms with van der Waals surface area (Å²) in [6.07, 6.45) is 6.75. The van der Waals surface area contributed by atoms with Crippen LogP contribution in [-0.4, -0.2) is 10.9 Å². The van der Waals surface area contributed by atoms with Crippen LogP contribution in [0.15, 0.2) is 18.2 Å². The number of ether oxygens (including phenoxy) is 1. The van der Waals surface area contributed by atoms with Crippen molar-refractivity contribution in [1.82, 2.24) is 0 Å². The fraction of sp³-hybridized carbons (Fsp3) is 0.647. The molecule has 0 radical (unpaired) electrons. The Morgan fingerprint density at radius 2 is 2.16 bits per heavy atom. The van der Waals surface area contributed by atoms with Gasteiger partial charge in [-0.25, -0.2) is 0 Å². The molecule has 1 aliphatic carbocycles. The SMILES string of the molecule is Cc1ccc2c(c1)CC(CC1CC(C)CCC1Br)O2. The van der Waals surface area contributed by atoms with Gasteiger partial charge in [-0.1, -0.05) is 40.5 Å². The summed E-state index contributed by atoms with van der Waals surface area (Å²) in [4.78, 5) is 0.692. The molecule has 1 saturated carbocycles. The van der Waals surface area contributed by atoms with Crippen LogP contribution in [0.3, 0.4) is 0 Å². The van der Waals surface area contributed by atoms with Crippen molar-refractivity contribution in [3.8, 4) is 5.75 Å². The Labute approximate surface area is 124 Å². The summed E-state index contributed by atoms with van der Waals surface area (Å²) in [5.41, 5.74) is 2.74. The van der Waals surface area contributed by atoms with Gasteiger partial charge in [0.1, 0.15) is 11.9 Å². The van der Waals surface area contributed by atoms with Crippen molar-refractivity contribution in [2.24, 2.45) is 11.8 Å². The van der Waals surface area contributed by atoms with Crippen molar-refractivity contribution in [1.29, 1.82) is 0 Å². The molecule has 3 rings (SSSR count). The molecule has 104 valence electrons. The van der Waals surface area contributed by atoms with Gasteiger partial charge < -0.3 is 4.74 Å². The summed E-state index contributed by atoms with van der Waals surface area (Å²) in [6, 6.07) is 6.57. The van der Waals surface area contributed by atoms with Crippen LogP contribution in [-0.2, 0) is 6.42 Å². The molecule has 4 atom stereocenters. The largest absolute Gasteiger partial charge is 0.490 e. The molecule has 0 N–H and O–H groups in total. The minimum Gasteiger partial charge on any atom is -0.490 e. The maximum absolute atomic E-state index is 6.13. The zero-order valence-corrected chi connectivity index (χ0v) is 13.4. The number of alkyl halides is 1. The van der Waals surface area contributed by atoms with Gasteiger partial charge in [0.2, 0.25) is 0 Å². The van der Waals surface area contributed by atoms with E-state index >= 15 is 0 Å². The van der Waals surface area contributed by atoms with E-state index in [1.54, 1.807) is 0 Å². The minimum absolute atomic E-state index is 0.396. The van der Waals surface area contributed by atoms with Gasteiger partial charge in [0.05, 0.1) is 0 Å². The molecule has 0 saturated heterocycles. The Morgan fingerprint density at radius 1 is 1.32 bits per heavy atom. The van der Waals surface area contributed by atoms with E-state index in [4.69, 9.17) is 4.74 Å².